The molecule has 3 heterocycles. The smallest absolute Gasteiger partial charge is 0.122 e. The number of hydrogen-bond donors (Lipinski definition) is 1. The zero-order valence-electron chi connectivity index (χ0n) is 11.5. The molecule has 0 unspecified atom stereocenters. The fourth-order valence-electron chi connectivity index (χ4n) is 2.53. The lowest BCUT2D eigenvalue weighted by Crippen LogP contribution is -1.97. The molecule has 1 aromatic carbocycles. The van der Waals surface area contributed by atoms with Crippen molar-refractivity contribution in [2.45, 2.75) is 13.0 Å². The van der Waals surface area contributed by atoms with Crippen LogP contribution in [0.2, 0.25) is 0 Å². The first kappa shape index (κ1) is 12.9. The quantitative estimate of drug-likeness (QED) is 0.730. The van der Waals surface area contributed by atoms with Crippen molar-refractivity contribution >= 4 is 28.4 Å². The highest BCUT2D eigenvalue weighted by Crippen LogP contribution is 2.31. The molecule has 0 atom stereocenters. The first-order chi connectivity index (χ1) is 10.4. The average molecular weight is 313 g/mol. The predicted octanol–water partition coefficient (Wildman–Crippen LogP) is 5.02. The predicted molar refractivity (Wildman–Crippen MR) is 90.6 cm³/mol. The van der Waals surface area contributed by atoms with E-state index in [9.17, 15) is 0 Å². The second kappa shape index (κ2) is 5.54. The van der Waals surface area contributed by atoms with Gasteiger partial charge in [-0.3, -0.25) is 0 Å². The summed E-state index contributed by atoms with van der Waals surface area (Å²) in [7, 11) is 0. The number of thiophene rings is 2. The zero-order chi connectivity index (χ0) is 14.1. The van der Waals surface area contributed by atoms with Crippen LogP contribution in [0.4, 0.5) is 5.69 Å². The maximum Gasteiger partial charge on any atom is 0.122 e. The van der Waals surface area contributed by atoms with Crippen molar-refractivity contribution in [1.29, 1.82) is 0 Å². The highest BCUT2D eigenvalue weighted by atomic mass is 32.1. The van der Waals surface area contributed by atoms with E-state index in [-0.39, 0.29) is 0 Å². The summed E-state index contributed by atoms with van der Waals surface area (Å²) in [5.74, 6) is 1.04. The van der Waals surface area contributed by atoms with Gasteiger partial charge in [-0.1, -0.05) is 6.07 Å². The maximum absolute atomic E-state index is 5.54. The summed E-state index contributed by atoms with van der Waals surface area (Å²) in [6.45, 7) is 1.68. The van der Waals surface area contributed by atoms with Gasteiger partial charge in [-0.25, -0.2) is 0 Å². The minimum atomic E-state index is 0.813. The van der Waals surface area contributed by atoms with E-state index in [1.165, 1.54) is 26.6 Å². The average Bonchev–Trinajstić information content (AvgIpc) is 3.24. The SMILES string of the molecule is c1csc(-c2csc(CNc3ccc4c(c3)CCO4)c2)c1. The molecule has 0 saturated heterocycles. The molecule has 21 heavy (non-hydrogen) atoms. The van der Waals surface area contributed by atoms with Crippen LogP contribution in [0.1, 0.15) is 10.4 Å². The third kappa shape index (κ3) is 2.69. The Morgan fingerprint density at radius 3 is 3.05 bits per heavy atom. The topological polar surface area (TPSA) is 21.3 Å². The van der Waals surface area contributed by atoms with E-state index in [1.54, 1.807) is 11.3 Å². The molecule has 0 bridgehead atoms. The van der Waals surface area contributed by atoms with E-state index < -0.39 is 0 Å². The number of nitrogens with one attached hydrogen (secondary N) is 1. The van der Waals surface area contributed by atoms with E-state index in [2.05, 4.69) is 52.5 Å². The summed E-state index contributed by atoms with van der Waals surface area (Å²) in [6, 6.07) is 12.9. The second-order valence-electron chi connectivity index (χ2n) is 5.05. The molecule has 0 aliphatic carbocycles. The molecule has 2 aromatic heterocycles. The minimum Gasteiger partial charge on any atom is -0.493 e. The van der Waals surface area contributed by atoms with Gasteiger partial charge in [0.2, 0.25) is 0 Å². The lowest BCUT2D eigenvalue weighted by molar-refractivity contribution is 0.357. The van der Waals surface area contributed by atoms with E-state index >= 15 is 0 Å². The van der Waals surface area contributed by atoms with Crippen molar-refractivity contribution in [3.05, 3.63) is 57.6 Å². The van der Waals surface area contributed by atoms with Crippen LogP contribution in [0.25, 0.3) is 10.4 Å². The van der Waals surface area contributed by atoms with Gasteiger partial charge >= 0.3 is 0 Å². The summed E-state index contributed by atoms with van der Waals surface area (Å²) in [6.07, 6.45) is 1.02. The summed E-state index contributed by atoms with van der Waals surface area (Å²) >= 11 is 3.60. The molecule has 1 aliphatic rings. The fraction of sp³-hybridized carbons (Fsp3) is 0.176. The Balaban J connectivity index is 1.45. The van der Waals surface area contributed by atoms with Crippen LogP contribution < -0.4 is 10.1 Å². The Bertz CT molecular complexity index is 746. The van der Waals surface area contributed by atoms with Gasteiger partial charge in [0.15, 0.2) is 0 Å². The molecule has 0 fully saturated rings. The Morgan fingerprint density at radius 1 is 1.14 bits per heavy atom. The molecule has 1 N–H and O–H groups in total. The number of hydrogen-bond acceptors (Lipinski definition) is 4. The Labute approximate surface area is 132 Å². The molecule has 0 spiro atoms. The lowest BCUT2D eigenvalue weighted by atomic mass is 10.1. The molecule has 0 radical (unpaired) electrons. The van der Waals surface area contributed by atoms with Crippen molar-refractivity contribution in [1.82, 2.24) is 0 Å². The molecule has 3 aromatic rings. The van der Waals surface area contributed by atoms with Crippen LogP contribution >= 0.6 is 22.7 Å². The molecule has 4 rings (SSSR count). The monoisotopic (exact) mass is 313 g/mol. The van der Waals surface area contributed by atoms with Crippen molar-refractivity contribution in [3.63, 3.8) is 0 Å². The van der Waals surface area contributed by atoms with Crippen LogP contribution in [0.3, 0.4) is 0 Å². The summed E-state index contributed by atoms with van der Waals surface area (Å²) in [5.41, 5.74) is 3.81. The van der Waals surface area contributed by atoms with Crippen LogP contribution in [-0.4, -0.2) is 6.61 Å². The van der Waals surface area contributed by atoms with Crippen molar-refractivity contribution in [3.8, 4) is 16.2 Å². The first-order valence-corrected chi connectivity index (χ1v) is 8.75. The number of anilines is 1. The lowest BCUT2D eigenvalue weighted by Gasteiger charge is -2.06. The number of rotatable bonds is 4. The standard InChI is InChI=1S/C17H15NOS2/c1-2-17(20-7-1)13-9-15(21-11-13)10-18-14-3-4-16-12(8-14)5-6-19-16/h1-4,7-9,11,18H,5-6,10H2. The molecule has 0 amide bonds. The highest BCUT2D eigenvalue weighted by Gasteiger charge is 2.12. The molecule has 106 valence electrons. The van der Waals surface area contributed by atoms with Gasteiger partial charge in [-0.05, 0) is 46.7 Å². The normalized spacial score (nSPS) is 13.0. The Hall–Kier alpha value is -1.78. The van der Waals surface area contributed by atoms with Gasteiger partial charge in [0, 0.05) is 34.0 Å². The van der Waals surface area contributed by atoms with Gasteiger partial charge < -0.3 is 10.1 Å². The molecule has 2 nitrogen and oxygen atoms in total. The molecular weight excluding hydrogens is 298 g/mol. The summed E-state index contributed by atoms with van der Waals surface area (Å²) in [5, 5.41) is 7.87. The van der Waals surface area contributed by atoms with Gasteiger partial charge in [0.25, 0.3) is 0 Å². The van der Waals surface area contributed by atoms with Crippen molar-refractivity contribution in [2.24, 2.45) is 0 Å². The Kier molecular flexibility index (Phi) is 3.41. The van der Waals surface area contributed by atoms with Gasteiger partial charge in [-0.2, -0.15) is 0 Å². The van der Waals surface area contributed by atoms with Crippen LogP contribution in [0.15, 0.2) is 47.2 Å². The summed E-state index contributed by atoms with van der Waals surface area (Å²) < 4.78 is 5.54. The van der Waals surface area contributed by atoms with Crippen LogP contribution in [0, 0.1) is 0 Å². The van der Waals surface area contributed by atoms with Gasteiger partial charge in [-0.15, -0.1) is 22.7 Å². The van der Waals surface area contributed by atoms with Crippen LogP contribution in [-0.2, 0) is 13.0 Å². The van der Waals surface area contributed by atoms with Gasteiger partial charge in [0.05, 0.1) is 6.61 Å². The molecule has 1 aliphatic heterocycles. The van der Waals surface area contributed by atoms with Crippen molar-refractivity contribution in [2.75, 3.05) is 11.9 Å². The summed E-state index contributed by atoms with van der Waals surface area (Å²) in [4.78, 5) is 2.70. The van der Waals surface area contributed by atoms with Crippen molar-refractivity contribution < 1.29 is 4.74 Å². The number of ether oxygens (including phenoxy) is 1. The minimum absolute atomic E-state index is 0.813. The largest absolute Gasteiger partial charge is 0.493 e. The van der Waals surface area contributed by atoms with E-state index in [1.807, 2.05) is 11.3 Å². The van der Waals surface area contributed by atoms with Gasteiger partial charge in [0.1, 0.15) is 5.75 Å². The molecule has 0 saturated carbocycles. The van der Waals surface area contributed by atoms with E-state index in [4.69, 9.17) is 4.74 Å². The second-order valence-corrected chi connectivity index (χ2v) is 7.00. The van der Waals surface area contributed by atoms with E-state index in [0.29, 0.717) is 0 Å². The molecule has 4 heteroatoms. The third-order valence-corrected chi connectivity index (χ3v) is 5.47. The highest BCUT2D eigenvalue weighted by molar-refractivity contribution is 7.14. The Morgan fingerprint density at radius 2 is 2.14 bits per heavy atom. The molecular formula is C17H15NOS2. The number of fused-ring (bicyclic) bond motifs is 1. The van der Waals surface area contributed by atoms with E-state index in [0.717, 1.165) is 25.3 Å². The zero-order valence-corrected chi connectivity index (χ0v) is 13.1. The third-order valence-electron chi connectivity index (χ3n) is 3.62. The fourth-order valence-corrected chi connectivity index (χ4v) is 4.14. The van der Waals surface area contributed by atoms with Crippen LogP contribution in [0.5, 0.6) is 5.75 Å². The maximum atomic E-state index is 5.54. The number of benzene rings is 1. The first-order valence-electron chi connectivity index (χ1n) is 6.99.